The lowest BCUT2D eigenvalue weighted by Gasteiger charge is -2.00. The molecule has 2 aromatic heterocycles. The van der Waals surface area contributed by atoms with Crippen molar-refractivity contribution < 1.29 is 9.18 Å². The first kappa shape index (κ1) is 9.45. The largest absolute Gasteiger partial charge is 0.296 e. The second-order valence-corrected chi connectivity index (χ2v) is 2.92. The quantitative estimate of drug-likeness (QED) is 0.700. The first-order chi connectivity index (χ1) is 7.31. The molecule has 0 N–H and O–H groups in total. The molecule has 0 spiro atoms. The highest BCUT2D eigenvalue weighted by molar-refractivity contribution is 5.74. The average molecular weight is 202 g/mol. The first-order valence-corrected chi connectivity index (χ1v) is 4.33. The fraction of sp³-hybridized carbons (Fsp3) is 0. The van der Waals surface area contributed by atoms with Crippen LogP contribution in [0.3, 0.4) is 0 Å². The van der Waals surface area contributed by atoms with Gasteiger partial charge in [-0.25, -0.2) is 9.37 Å². The summed E-state index contributed by atoms with van der Waals surface area (Å²) >= 11 is 0. The maximum atomic E-state index is 13.0. The first-order valence-electron chi connectivity index (χ1n) is 4.33. The number of halogens is 1. The molecule has 74 valence electrons. The number of carbonyl (C=O) groups excluding carboxylic acids is 1. The number of pyridine rings is 2. The Morgan fingerprint density at radius 3 is 2.80 bits per heavy atom. The van der Waals surface area contributed by atoms with Gasteiger partial charge < -0.3 is 0 Å². The molecule has 2 aromatic rings. The molecule has 15 heavy (non-hydrogen) atoms. The Morgan fingerprint density at radius 2 is 2.13 bits per heavy atom. The number of hydrogen-bond donors (Lipinski definition) is 0. The molecule has 0 saturated heterocycles. The van der Waals surface area contributed by atoms with Crippen molar-refractivity contribution in [3.05, 3.63) is 48.2 Å². The lowest BCUT2D eigenvalue weighted by molar-refractivity contribution is 0.111. The molecule has 0 radical (unpaired) electrons. The van der Waals surface area contributed by atoms with Crippen molar-refractivity contribution in [2.24, 2.45) is 0 Å². The van der Waals surface area contributed by atoms with E-state index in [0.29, 0.717) is 12.0 Å². The molecular weight excluding hydrogens is 195 g/mol. The Bertz CT molecular complexity index is 485. The van der Waals surface area contributed by atoms with E-state index in [1.807, 2.05) is 0 Å². The second-order valence-electron chi connectivity index (χ2n) is 2.92. The third-order valence-electron chi connectivity index (χ3n) is 1.94. The predicted molar refractivity (Wildman–Crippen MR) is 52.8 cm³/mol. The monoisotopic (exact) mass is 202 g/mol. The van der Waals surface area contributed by atoms with Crippen LogP contribution in [0, 0.1) is 5.82 Å². The van der Waals surface area contributed by atoms with Crippen LogP contribution in [0.5, 0.6) is 0 Å². The maximum absolute atomic E-state index is 13.0. The second kappa shape index (κ2) is 3.96. The van der Waals surface area contributed by atoms with Gasteiger partial charge in [-0.3, -0.25) is 9.78 Å². The van der Waals surface area contributed by atoms with Crippen molar-refractivity contribution in [1.29, 1.82) is 0 Å². The van der Waals surface area contributed by atoms with Crippen molar-refractivity contribution in [2.45, 2.75) is 0 Å². The number of rotatable bonds is 2. The van der Waals surface area contributed by atoms with Gasteiger partial charge in [0, 0.05) is 18.0 Å². The van der Waals surface area contributed by atoms with E-state index in [4.69, 9.17) is 0 Å². The minimum Gasteiger partial charge on any atom is -0.296 e. The van der Waals surface area contributed by atoms with E-state index in [1.54, 1.807) is 24.5 Å². The van der Waals surface area contributed by atoms with Crippen molar-refractivity contribution in [3.8, 4) is 11.3 Å². The van der Waals surface area contributed by atoms with Crippen LogP contribution in [0.4, 0.5) is 4.39 Å². The lowest BCUT2D eigenvalue weighted by atomic mass is 10.2. The van der Waals surface area contributed by atoms with Gasteiger partial charge in [-0.2, -0.15) is 0 Å². The SMILES string of the molecule is O=Cc1nc(-c2cccnc2)ccc1F. The molecule has 0 unspecified atom stereocenters. The summed E-state index contributed by atoms with van der Waals surface area (Å²) in [5.74, 6) is -0.613. The topological polar surface area (TPSA) is 42.9 Å². The Kier molecular flexibility index (Phi) is 2.49. The van der Waals surface area contributed by atoms with Gasteiger partial charge in [0.05, 0.1) is 5.69 Å². The van der Waals surface area contributed by atoms with E-state index in [9.17, 15) is 9.18 Å². The maximum Gasteiger partial charge on any atom is 0.171 e. The molecule has 0 aliphatic rings. The molecule has 0 aliphatic carbocycles. The van der Waals surface area contributed by atoms with Crippen LogP contribution in [0.1, 0.15) is 10.5 Å². The normalized spacial score (nSPS) is 9.93. The summed E-state index contributed by atoms with van der Waals surface area (Å²) in [6.45, 7) is 0. The Hall–Kier alpha value is -2.10. The summed E-state index contributed by atoms with van der Waals surface area (Å²) in [6, 6.07) is 6.28. The van der Waals surface area contributed by atoms with Gasteiger partial charge in [0.15, 0.2) is 12.1 Å². The molecular formula is C11H7FN2O. The molecule has 0 bridgehead atoms. The summed E-state index contributed by atoms with van der Waals surface area (Å²) in [5.41, 5.74) is 1.10. The summed E-state index contributed by atoms with van der Waals surface area (Å²) in [7, 11) is 0. The van der Waals surface area contributed by atoms with Crippen molar-refractivity contribution in [2.75, 3.05) is 0 Å². The average Bonchev–Trinajstić information content (AvgIpc) is 2.31. The molecule has 2 rings (SSSR count). The van der Waals surface area contributed by atoms with E-state index >= 15 is 0 Å². The standard InChI is InChI=1S/C11H7FN2O/c12-9-3-4-10(14-11(9)7-15)8-2-1-5-13-6-8/h1-7H. The molecule has 0 fully saturated rings. The van der Waals surface area contributed by atoms with Gasteiger partial charge in [0.1, 0.15) is 5.69 Å². The molecule has 4 heteroatoms. The molecule has 0 atom stereocenters. The van der Waals surface area contributed by atoms with E-state index < -0.39 is 5.82 Å². The number of hydrogen-bond acceptors (Lipinski definition) is 3. The van der Waals surface area contributed by atoms with E-state index in [2.05, 4.69) is 9.97 Å². The Labute approximate surface area is 85.6 Å². The van der Waals surface area contributed by atoms with Crippen LogP contribution >= 0.6 is 0 Å². The predicted octanol–water partition coefficient (Wildman–Crippen LogP) is 2.10. The van der Waals surface area contributed by atoms with Gasteiger partial charge in [0.25, 0.3) is 0 Å². The van der Waals surface area contributed by atoms with Crippen LogP contribution in [0.15, 0.2) is 36.7 Å². The van der Waals surface area contributed by atoms with E-state index in [0.717, 1.165) is 5.56 Å². The number of nitrogens with zero attached hydrogens (tertiary/aromatic N) is 2. The molecule has 2 heterocycles. The van der Waals surface area contributed by atoms with E-state index in [-0.39, 0.29) is 5.69 Å². The van der Waals surface area contributed by atoms with Crippen LogP contribution in [0.2, 0.25) is 0 Å². The van der Waals surface area contributed by atoms with Gasteiger partial charge >= 0.3 is 0 Å². The van der Waals surface area contributed by atoms with Crippen LogP contribution in [-0.2, 0) is 0 Å². The van der Waals surface area contributed by atoms with Crippen molar-refractivity contribution in [1.82, 2.24) is 9.97 Å². The third kappa shape index (κ3) is 1.88. The number of carbonyl (C=O) groups is 1. The lowest BCUT2D eigenvalue weighted by Crippen LogP contribution is -1.94. The Balaban J connectivity index is 2.51. The van der Waals surface area contributed by atoms with Gasteiger partial charge in [-0.1, -0.05) is 0 Å². The summed E-state index contributed by atoms with van der Waals surface area (Å²) in [5, 5.41) is 0. The fourth-order valence-electron chi connectivity index (χ4n) is 1.22. The van der Waals surface area contributed by atoms with E-state index in [1.165, 1.54) is 12.1 Å². The molecule has 0 aromatic carbocycles. The molecule has 3 nitrogen and oxygen atoms in total. The number of aromatic nitrogens is 2. The van der Waals surface area contributed by atoms with Crippen LogP contribution in [0.25, 0.3) is 11.3 Å². The van der Waals surface area contributed by atoms with Crippen molar-refractivity contribution >= 4 is 6.29 Å². The zero-order valence-corrected chi connectivity index (χ0v) is 7.72. The fourth-order valence-corrected chi connectivity index (χ4v) is 1.22. The van der Waals surface area contributed by atoms with Gasteiger partial charge in [-0.05, 0) is 24.3 Å². The third-order valence-corrected chi connectivity index (χ3v) is 1.94. The summed E-state index contributed by atoms with van der Waals surface area (Å²) in [4.78, 5) is 18.3. The zero-order valence-electron chi connectivity index (χ0n) is 7.72. The highest BCUT2D eigenvalue weighted by Gasteiger charge is 2.05. The Morgan fingerprint density at radius 1 is 1.27 bits per heavy atom. The van der Waals surface area contributed by atoms with Gasteiger partial charge in [-0.15, -0.1) is 0 Å². The minimum absolute atomic E-state index is 0.184. The van der Waals surface area contributed by atoms with Crippen LogP contribution < -0.4 is 0 Å². The molecule has 0 aliphatic heterocycles. The van der Waals surface area contributed by atoms with Gasteiger partial charge in [0.2, 0.25) is 0 Å². The van der Waals surface area contributed by atoms with Crippen molar-refractivity contribution in [3.63, 3.8) is 0 Å². The number of aldehydes is 1. The highest BCUT2D eigenvalue weighted by atomic mass is 19.1. The smallest absolute Gasteiger partial charge is 0.171 e. The minimum atomic E-state index is -0.613. The summed E-state index contributed by atoms with van der Waals surface area (Å²) < 4.78 is 13.0. The summed E-state index contributed by atoms with van der Waals surface area (Å²) in [6.07, 6.45) is 3.64. The zero-order chi connectivity index (χ0) is 10.7. The molecule has 0 saturated carbocycles. The van der Waals surface area contributed by atoms with Crippen LogP contribution in [-0.4, -0.2) is 16.3 Å². The highest BCUT2D eigenvalue weighted by Crippen LogP contribution is 2.16. The molecule has 0 amide bonds.